The van der Waals surface area contributed by atoms with E-state index in [1.807, 2.05) is 72.8 Å². The first-order chi connectivity index (χ1) is 14.3. The van der Waals surface area contributed by atoms with Crippen LogP contribution in [0.2, 0.25) is 0 Å². The lowest BCUT2D eigenvalue weighted by atomic mass is 10.0. The van der Waals surface area contributed by atoms with Gasteiger partial charge in [-0.2, -0.15) is 0 Å². The first kappa shape index (κ1) is 22.9. The van der Waals surface area contributed by atoms with Crippen LogP contribution in [-0.2, 0) is 0 Å². The number of nitrogens with two attached hydrogens (primary N) is 6. The highest BCUT2D eigenvalue weighted by Gasteiger charge is 2.01. The van der Waals surface area contributed by atoms with Crippen LogP contribution in [0.4, 0.5) is 34.1 Å². The predicted octanol–water partition coefficient (Wildman–Crippen LogP) is 3.38. The summed E-state index contributed by atoms with van der Waals surface area (Å²) in [4.78, 5) is 0. The molecule has 0 unspecified atom stereocenters. The Kier molecular flexibility index (Phi) is 7.33. The van der Waals surface area contributed by atoms with E-state index in [2.05, 4.69) is 0 Å². The number of hydrogen-bond acceptors (Lipinski definition) is 6. The van der Waals surface area contributed by atoms with Gasteiger partial charge in [-0.05, 0) is 70.8 Å². The molecular weight excluding hydrogens is 388 g/mol. The standard InChI is InChI=1S/2C12H13N3.H2O/c2*13-10-3-1-2-8(6-10)9-4-5-11(14)12(15)7-9;/h2*1-7H,13-15H2;1H2. The lowest BCUT2D eigenvalue weighted by molar-refractivity contribution is 0.824. The van der Waals surface area contributed by atoms with Crippen molar-refractivity contribution in [2.45, 2.75) is 0 Å². The van der Waals surface area contributed by atoms with Gasteiger partial charge >= 0.3 is 0 Å². The highest BCUT2D eigenvalue weighted by Crippen LogP contribution is 2.27. The van der Waals surface area contributed by atoms with Crippen molar-refractivity contribution >= 4 is 34.1 Å². The van der Waals surface area contributed by atoms with Crippen molar-refractivity contribution in [1.82, 2.24) is 0 Å². The van der Waals surface area contributed by atoms with Gasteiger partial charge in [-0.15, -0.1) is 0 Å². The summed E-state index contributed by atoms with van der Waals surface area (Å²) in [5.41, 5.74) is 42.2. The maximum absolute atomic E-state index is 5.74. The molecule has 4 aromatic carbocycles. The minimum Gasteiger partial charge on any atom is -0.412 e. The van der Waals surface area contributed by atoms with Gasteiger partial charge in [0.25, 0.3) is 0 Å². The second-order valence-electron chi connectivity index (χ2n) is 6.94. The summed E-state index contributed by atoms with van der Waals surface area (Å²) in [5.74, 6) is 0. The predicted molar refractivity (Wildman–Crippen MR) is 134 cm³/mol. The molecule has 0 atom stereocenters. The van der Waals surface area contributed by atoms with Gasteiger partial charge in [0.05, 0.1) is 22.7 Å². The van der Waals surface area contributed by atoms with Gasteiger partial charge in [0, 0.05) is 11.4 Å². The van der Waals surface area contributed by atoms with Crippen molar-refractivity contribution in [1.29, 1.82) is 0 Å². The van der Waals surface area contributed by atoms with E-state index >= 15 is 0 Å². The number of benzene rings is 4. The van der Waals surface area contributed by atoms with Gasteiger partial charge in [-0.1, -0.05) is 36.4 Å². The van der Waals surface area contributed by atoms with E-state index < -0.39 is 0 Å². The molecule has 0 amide bonds. The van der Waals surface area contributed by atoms with Gasteiger partial charge in [0.1, 0.15) is 0 Å². The molecule has 0 aliphatic carbocycles. The Labute approximate surface area is 181 Å². The fraction of sp³-hybridized carbons (Fsp3) is 0. The van der Waals surface area contributed by atoms with Crippen molar-refractivity contribution in [2.24, 2.45) is 0 Å². The zero-order chi connectivity index (χ0) is 21.7. The lowest BCUT2D eigenvalue weighted by Gasteiger charge is -2.05. The average Bonchev–Trinajstić information content (AvgIpc) is 2.72. The molecule has 4 aromatic rings. The van der Waals surface area contributed by atoms with E-state index in [0.717, 1.165) is 33.6 Å². The van der Waals surface area contributed by atoms with E-state index in [-0.39, 0.29) is 5.48 Å². The van der Waals surface area contributed by atoms with Crippen molar-refractivity contribution in [2.75, 3.05) is 34.4 Å². The number of rotatable bonds is 2. The lowest BCUT2D eigenvalue weighted by Crippen LogP contribution is -1.94. The molecule has 0 heterocycles. The van der Waals surface area contributed by atoms with E-state index in [4.69, 9.17) is 34.4 Å². The Morgan fingerprint density at radius 2 is 0.710 bits per heavy atom. The van der Waals surface area contributed by atoms with Gasteiger partial charge < -0.3 is 39.9 Å². The molecule has 0 spiro atoms. The molecule has 0 aromatic heterocycles. The topological polar surface area (TPSA) is 188 Å². The molecule has 7 nitrogen and oxygen atoms in total. The summed E-state index contributed by atoms with van der Waals surface area (Å²) in [6.45, 7) is 0. The smallest absolute Gasteiger partial charge is 0.0554 e. The molecule has 0 radical (unpaired) electrons. The molecule has 0 bridgehead atoms. The molecule has 31 heavy (non-hydrogen) atoms. The van der Waals surface area contributed by atoms with Crippen molar-refractivity contribution < 1.29 is 5.48 Å². The largest absolute Gasteiger partial charge is 0.412 e. The Hall–Kier alpha value is -4.36. The number of nitrogen functional groups attached to an aromatic ring is 6. The monoisotopic (exact) mass is 416 g/mol. The molecular formula is C24H28N6O. The average molecular weight is 417 g/mol. The summed E-state index contributed by atoms with van der Waals surface area (Å²) in [6.07, 6.45) is 0. The molecule has 0 aliphatic rings. The minimum absolute atomic E-state index is 0. The summed E-state index contributed by atoms with van der Waals surface area (Å²) in [7, 11) is 0. The SMILES string of the molecule is Nc1cccc(-c2ccc(N)c(N)c2)c1.Nc1cccc(-c2ccc(N)c(N)c2)c1.O. The quantitative estimate of drug-likeness (QED) is 0.272. The molecule has 0 aliphatic heterocycles. The van der Waals surface area contributed by atoms with Crippen LogP contribution in [0.3, 0.4) is 0 Å². The maximum atomic E-state index is 5.74. The van der Waals surface area contributed by atoms with Crippen LogP contribution in [0.15, 0.2) is 84.9 Å². The Morgan fingerprint density at radius 3 is 1.03 bits per heavy atom. The Balaban J connectivity index is 0.000000213. The second kappa shape index (κ2) is 9.91. The van der Waals surface area contributed by atoms with E-state index in [1.165, 1.54) is 0 Å². The highest BCUT2D eigenvalue weighted by atomic mass is 16.0. The van der Waals surface area contributed by atoms with Gasteiger partial charge in [0.2, 0.25) is 0 Å². The van der Waals surface area contributed by atoms with E-state index in [0.29, 0.717) is 22.7 Å². The third kappa shape index (κ3) is 5.81. The third-order valence-corrected chi connectivity index (χ3v) is 4.61. The normalized spacial score (nSPS) is 9.81. The maximum Gasteiger partial charge on any atom is 0.0554 e. The summed E-state index contributed by atoms with van der Waals surface area (Å²) < 4.78 is 0. The third-order valence-electron chi connectivity index (χ3n) is 4.61. The number of anilines is 6. The van der Waals surface area contributed by atoms with Crippen LogP contribution in [-0.4, -0.2) is 5.48 Å². The van der Waals surface area contributed by atoms with Crippen molar-refractivity contribution in [3.05, 3.63) is 84.9 Å². The van der Waals surface area contributed by atoms with E-state index in [9.17, 15) is 0 Å². The van der Waals surface area contributed by atoms with Crippen molar-refractivity contribution in [3.8, 4) is 22.3 Å². The van der Waals surface area contributed by atoms with Crippen LogP contribution in [0, 0.1) is 0 Å². The summed E-state index contributed by atoms with van der Waals surface area (Å²) in [6, 6.07) is 26.5. The van der Waals surface area contributed by atoms with Gasteiger partial charge in [0.15, 0.2) is 0 Å². The molecule has 14 N–H and O–H groups in total. The zero-order valence-corrected chi connectivity index (χ0v) is 17.0. The fourth-order valence-corrected chi connectivity index (χ4v) is 2.95. The second-order valence-corrected chi connectivity index (χ2v) is 6.94. The molecule has 160 valence electrons. The van der Waals surface area contributed by atoms with Crippen molar-refractivity contribution in [3.63, 3.8) is 0 Å². The zero-order valence-electron chi connectivity index (χ0n) is 17.0. The summed E-state index contributed by atoms with van der Waals surface area (Å²) in [5, 5.41) is 0. The van der Waals surface area contributed by atoms with Crippen LogP contribution >= 0.6 is 0 Å². The molecule has 0 saturated heterocycles. The van der Waals surface area contributed by atoms with Crippen LogP contribution in [0.25, 0.3) is 22.3 Å². The molecule has 0 saturated carbocycles. The first-order valence-electron chi connectivity index (χ1n) is 9.35. The van der Waals surface area contributed by atoms with Crippen LogP contribution in [0.5, 0.6) is 0 Å². The van der Waals surface area contributed by atoms with Gasteiger partial charge in [-0.25, -0.2) is 0 Å². The fourth-order valence-electron chi connectivity index (χ4n) is 2.95. The molecule has 7 heteroatoms. The Bertz CT molecular complexity index is 1080. The molecule has 0 fully saturated rings. The van der Waals surface area contributed by atoms with Crippen LogP contribution < -0.4 is 34.4 Å². The first-order valence-corrected chi connectivity index (χ1v) is 9.35. The highest BCUT2D eigenvalue weighted by molar-refractivity contribution is 5.76. The van der Waals surface area contributed by atoms with E-state index in [1.54, 1.807) is 12.1 Å². The van der Waals surface area contributed by atoms with Gasteiger partial charge in [-0.3, -0.25) is 0 Å². The Morgan fingerprint density at radius 1 is 0.355 bits per heavy atom. The number of hydrogen-bond donors (Lipinski definition) is 6. The minimum atomic E-state index is 0. The van der Waals surface area contributed by atoms with Crippen LogP contribution in [0.1, 0.15) is 0 Å². The molecule has 4 rings (SSSR count). The summed E-state index contributed by atoms with van der Waals surface area (Å²) >= 11 is 0.